The highest BCUT2D eigenvalue weighted by Crippen LogP contribution is 2.17. The number of hydrogen-bond acceptors (Lipinski definition) is 14. The lowest BCUT2D eigenvalue weighted by Gasteiger charge is -2.35. The molecule has 22 heteroatoms. The number of nitrogens with two attached hydrogens (primary N) is 1. The van der Waals surface area contributed by atoms with Gasteiger partial charge in [0.15, 0.2) is 0 Å². The van der Waals surface area contributed by atoms with Gasteiger partial charge in [0.05, 0.1) is 28.1 Å². The van der Waals surface area contributed by atoms with Gasteiger partial charge in [-0.25, -0.2) is 15.0 Å². The molecule has 3 aliphatic rings. The number of pyridine rings is 2. The van der Waals surface area contributed by atoms with Crippen LogP contribution in [-0.2, 0) is 46.2 Å². The van der Waals surface area contributed by atoms with Crippen LogP contribution in [0.2, 0.25) is 10.0 Å². The highest BCUT2D eigenvalue weighted by molar-refractivity contribution is 6.31. The number of halogens is 2. The molecule has 2 fully saturated rings. The van der Waals surface area contributed by atoms with E-state index in [1.807, 2.05) is 159 Å². The summed E-state index contributed by atoms with van der Waals surface area (Å²) in [4.78, 5) is 71.9. The van der Waals surface area contributed by atoms with Gasteiger partial charge in [-0.05, 0) is 186 Å². The second kappa shape index (κ2) is 67.7. The van der Waals surface area contributed by atoms with Gasteiger partial charge in [0.1, 0.15) is 24.3 Å². The number of aryl methyl sites for hydroxylation is 8. The number of likely N-dealkylation sites (N-methyl/N-ethyl adjacent to an activating group) is 2. The average Bonchev–Trinajstić information content (AvgIpc) is 1.36. The minimum Gasteiger partial charge on any atom is -0.370 e. The molecule has 8 aromatic rings. The fourth-order valence-electron chi connectivity index (χ4n) is 7.28. The number of amides is 3. The zero-order chi connectivity index (χ0) is 78.4. The van der Waals surface area contributed by atoms with E-state index in [9.17, 15) is 19.2 Å². The number of aromatic amines is 1. The molecule has 4 N–H and O–H groups in total. The second-order valence-corrected chi connectivity index (χ2v) is 24.4. The Morgan fingerprint density at radius 3 is 1.51 bits per heavy atom. The van der Waals surface area contributed by atoms with Crippen LogP contribution in [0.15, 0.2) is 135 Å². The molecule has 102 heavy (non-hydrogen) atoms. The molecule has 0 bridgehead atoms. The Labute approximate surface area is 629 Å². The molecule has 1 unspecified atom stereocenters. The monoisotopic (exact) mass is 1460 g/mol. The summed E-state index contributed by atoms with van der Waals surface area (Å²) in [6.45, 7) is 44.8. The van der Waals surface area contributed by atoms with Crippen molar-refractivity contribution in [3.05, 3.63) is 190 Å². The number of likely N-dealkylation sites (tertiary alicyclic amines) is 1. The van der Waals surface area contributed by atoms with Gasteiger partial charge < -0.3 is 49.9 Å². The van der Waals surface area contributed by atoms with Crippen LogP contribution in [0.4, 0.5) is 0 Å². The third-order valence-corrected chi connectivity index (χ3v) is 15.0. The van der Waals surface area contributed by atoms with E-state index >= 15 is 0 Å². The number of piperazine rings is 1. The van der Waals surface area contributed by atoms with Crippen molar-refractivity contribution in [2.24, 2.45) is 25.7 Å². The summed E-state index contributed by atoms with van der Waals surface area (Å²) in [5.41, 5.74) is 15.1. The van der Waals surface area contributed by atoms with Crippen molar-refractivity contribution in [3.8, 4) is 0 Å². The number of imidazole rings is 2. The van der Waals surface area contributed by atoms with E-state index in [4.69, 9.17) is 23.2 Å². The molecule has 20 nitrogen and oxygen atoms in total. The molecule has 3 aliphatic heterocycles. The van der Waals surface area contributed by atoms with Crippen LogP contribution < -0.4 is 11.1 Å². The SMILES string of the molecule is C.CC.CC.CC.CC(=O)N(C)C.CC(=O)N(C)C.CC(N)=O.CC1CCN(C)CC1.CC1CN(C)CCN1C.CCC(C)=O.Cc1ccc(C)c(Cl)c1.Cc1ccccn1.Cc1cnc(C)c(Cl)c1.Cc1nc2ccccc2n1C.Cn1cncn1.c1c[nH]cn1.c1ccc2c(c1)CCNC2. The fraction of sp³-hybridized carbons (Fsp3) is 0.525. The number of para-hydroxylation sites is 2. The maximum Gasteiger partial charge on any atom is 0.218 e. The molecule has 8 heterocycles. The molecule has 0 saturated carbocycles. The highest BCUT2D eigenvalue weighted by atomic mass is 35.5. The number of piperidine rings is 1. The molecule has 2 saturated heterocycles. The third-order valence-electron chi connectivity index (χ3n) is 14.2. The zero-order valence-corrected chi connectivity index (χ0v) is 68.9. The predicted octanol–water partition coefficient (Wildman–Crippen LogP) is 16.1. The largest absolute Gasteiger partial charge is 0.370 e. The lowest BCUT2D eigenvalue weighted by molar-refractivity contribution is -0.127. The summed E-state index contributed by atoms with van der Waals surface area (Å²) in [5.74, 6) is 2.15. The van der Waals surface area contributed by atoms with Crippen LogP contribution in [0.1, 0.15) is 162 Å². The molecule has 11 rings (SSSR count). The van der Waals surface area contributed by atoms with Crippen molar-refractivity contribution in [2.75, 3.05) is 88.6 Å². The Morgan fingerprint density at radius 1 is 0.647 bits per heavy atom. The number of benzene rings is 3. The number of nitrogens with zero attached hydrogens (tertiary/aromatic N) is 13. The minimum absolute atomic E-state index is 0. The normalized spacial score (nSPS) is 12.7. The Kier molecular flexibility index (Phi) is 69.9. The number of ketones is 1. The molecule has 0 aliphatic carbocycles. The van der Waals surface area contributed by atoms with E-state index < -0.39 is 0 Å². The molecular formula is C80H138Cl2N16O4. The number of primary amides is 1. The number of aromatic nitrogens is 9. The lowest BCUT2D eigenvalue weighted by Crippen LogP contribution is -2.48. The maximum absolute atomic E-state index is 10.1. The minimum atomic E-state index is -0.333. The summed E-state index contributed by atoms with van der Waals surface area (Å²) in [6, 6.07) is 31.3. The van der Waals surface area contributed by atoms with E-state index in [1.165, 1.54) is 111 Å². The molecule has 1 atom stereocenters. The first-order valence-electron chi connectivity index (χ1n) is 35.0. The van der Waals surface area contributed by atoms with Crippen molar-refractivity contribution in [3.63, 3.8) is 0 Å². The number of rotatable bonds is 1. The van der Waals surface area contributed by atoms with Crippen molar-refractivity contribution >= 4 is 57.7 Å². The molecular weight excluding hydrogens is 1320 g/mol. The van der Waals surface area contributed by atoms with Crippen molar-refractivity contribution < 1.29 is 19.2 Å². The smallest absolute Gasteiger partial charge is 0.218 e. The van der Waals surface area contributed by atoms with E-state index in [-0.39, 0.29) is 30.9 Å². The Balaban J connectivity index is -0.000000245. The van der Waals surface area contributed by atoms with Crippen molar-refractivity contribution in [1.82, 2.24) is 74.1 Å². The number of Topliss-reactive ketones (excluding diaryl/α,β-unsaturated/α-hetero) is 1. The number of nitrogens with one attached hydrogen (secondary N) is 2. The van der Waals surface area contributed by atoms with Crippen LogP contribution in [0, 0.1) is 47.5 Å². The number of carbonyl (C=O) groups is 4. The Hall–Kier alpha value is -7.72. The number of H-pyrrole nitrogens is 1. The van der Waals surface area contributed by atoms with Gasteiger partial charge in [-0.2, -0.15) is 5.10 Å². The van der Waals surface area contributed by atoms with Gasteiger partial charge in [0, 0.05) is 137 Å². The van der Waals surface area contributed by atoms with Crippen LogP contribution >= 0.6 is 23.2 Å². The van der Waals surface area contributed by atoms with Crippen LogP contribution in [0.25, 0.3) is 11.0 Å². The van der Waals surface area contributed by atoms with Crippen molar-refractivity contribution in [2.45, 2.75) is 177 Å². The first kappa shape index (κ1) is 105. The highest BCUT2D eigenvalue weighted by Gasteiger charge is 2.17. The third kappa shape index (κ3) is 61.0. The topological polar surface area (TPSA) is 226 Å². The molecule has 3 amide bonds. The fourth-order valence-corrected chi connectivity index (χ4v) is 7.74. The zero-order valence-electron chi connectivity index (χ0n) is 67.4. The van der Waals surface area contributed by atoms with E-state index in [0.717, 1.165) is 69.0 Å². The first-order valence-corrected chi connectivity index (χ1v) is 35.7. The first-order chi connectivity index (χ1) is 47.7. The standard InChI is InChI=1S/C9H10N2.C9H11N.C8H9Cl.C7H8ClN.C7H16N2.C7H15N.C6H7N.2C4H9NO.C4H8O.C3H5N3.C3H4N2.C2H5NO.3C2H6.CH4/c1-7-10-8-5-3-4-6-9(8)11(7)2;1-2-4-9-7-10-6-5-8(9)3-1;1-6-3-4-7(2)8(9)5-6;1-5-3-7(8)6(2)9-4-5;1-7-6-8(2)4-5-9(7)3;1-7-3-5-8(2)6-4-7;1-6-4-2-3-5-7-6;2*1-4(6)5(2)3;1-3-4(2)5;1-6-3-4-2-5-6;1-2-5-3-4-1;1-2(3)4;3*1-2;/h3-6H,1-2H3;1-4,10H,5-7H2;3-5H,1-2H3;3-4H,1-2H3;7H,4-6H2,1-3H3;7H,3-6H2,1-2H3;2-5H,1H3;2*1-3H3;3H2,1-2H3;2-3H,1H3;1-3H,(H,4,5);1H3,(H2,3,4);3*1-2H3;1H4. The van der Waals surface area contributed by atoms with Crippen LogP contribution in [-0.4, -0.2) is 187 Å². The number of hydrogen-bond donors (Lipinski definition) is 3. The lowest BCUT2D eigenvalue weighted by atomic mass is 10.00. The molecule has 5 aromatic heterocycles. The van der Waals surface area contributed by atoms with Crippen molar-refractivity contribution in [1.29, 1.82) is 0 Å². The summed E-state index contributed by atoms with van der Waals surface area (Å²) in [5, 5.41) is 8.66. The van der Waals surface area contributed by atoms with Gasteiger partial charge in [0.25, 0.3) is 0 Å². The molecule has 3 aromatic carbocycles. The quantitative estimate of drug-likeness (QED) is 0.139. The molecule has 0 radical (unpaired) electrons. The summed E-state index contributed by atoms with van der Waals surface area (Å²) in [7, 11) is 17.3. The predicted molar refractivity (Wildman–Crippen MR) is 436 cm³/mol. The molecule has 576 valence electrons. The van der Waals surface area contributed by atoms with E-state index in [1.54, 1.807) is 77.2 Å². The molecule has 0 spiro atoms. The van der Waals surface area contributed by atoms with Gasteiger partial charge in [-0.15, -0.1) is 0 Å². The number of fused-ring (bicyclic) bond motifs is 2. The van der Waals surface area contributed by atoms with E-state index in [2.05, 4.69) is 137 Å². The van der Waals surface area contributed by atoms with Crippen LogP contribution in [0.5, 0.6) is 0 Å². The van der Waals surface area contributed by atoms with Gasteiger partial charge >= 0.3 is 0 Å². The summed E-state index contributed by atoms with van der Waals surface area (Å²) >= 11 is 11.6. The summed E-state index contributed by atoms with van der Waals surface area (Å²) in [6.07, 6.45) is 16.5. The number of carbonyl (C=O) groups excluding carboxylic acids is 4. The summed E-state index contributed by atoms with van der Waals surface area (Å²) < 4.78 is 3.73. The van der Waals surface area contributed by atoms with Gasteiger partial charge in [-0.3, -0.25) is 29.0 Å². The van der Waals surface area contributed by atoms with E-state index in [0.29, 0.717) is 6.42 Å². The maximum atomic E-state index is 10.1. The Morgan fingerprint density at radius 2 is 1.17 bits per heavy atom. The second-order valence-electron chi connectivity index (χ2n) is 23.6. The Bertz CT molecular complexity index is 3120. The van der Waals surface area contributed by atoms with Gasteiger partial charge in [0.2, 0.25) is 17.7 Å². The van der Waals surface area contributed by atoms with Crippen LogP contribution in [0.3, 0.4) is 0 Å². The average molecular weight is 1460 g/mol. The van der Waals surface area contributed by atoms with Gasteiger partial charge in [-0.1, -0.05) is 141 Å².